The quantitative estimate of drug-likeness (QED) is 0.129. The van der Waals surface area contributed by atoms with Crippen LogP contribution in [-0.2, 0) is 0 Å². The van der Waals surface area contributed by atoms with Gasteiger partial charge >= 0.3 is 0 Å². The molecule has 0 spiro atoms. The summed E-state index contributed by atoms with van der Waals surface area (Å²) in [7, 11) is 1.93. The molecular formula is C53H59N. The van der Waals surface area contributed by atoms with Crippen molar-refractivity contribution in [2.24, 2.45) is 0 Å². The number of rotatable bonds is 7. The number of aryl methyl sites for hydroxylation is 6. The second kappa shape index (κ2) is 23.6. The number of nitrogens with one attached hydrogen (secondary N) is 1. The Morgan fingerprint density at radius 3 is 0.963 bits per heavy atom. The molecule has 6 aromatic rings. The molecule has 0 radical (unpaired) electrons. The Hall–Kier alpha value is -5.92. The van der Waals surface area contributed by atoms with Crippen LogP contribution in [0, 0.1) is 41.5 Å². The van der Waals surface area contributed by atoms with Crippen LogP contribution in [0.25, 0.3) is 30.4 Å². The molecule has 0 amide bonds. The first-order chi connectivity index (χ1) is 26.0. The average Bonchev–Trinajstić information content (AvgIpc) is 3.15. The molecule has 1 heteroatoms. The van der Waals surface area contributed by atoms with Crippen LogP contribution in [0.5, 0.6) is 0 Å². The van der Waals surface area contributed by atoms with Gasteiger partial charge in [-0.1, -0.05) is 209 Å². The van der Waals surface area contributed by atoms with Gasteiger partial charge in [0.25, 0.3) is 0 Å². The van der Waals surface area contributed by atoms with Crippen molar-refractivity contribution < 1.29 is 0 Å². The molecule has 6 aromatic carbocycles. The number of allylic oxidation sites excluding steroid dienone is 3. The smallest absolute Gasteiger partial charge is 0.0340 e. The Morgan fingerprint density at radius 2 is 0.685 bits per heavy atom. The predicted octanol–water partition coefficient (Wildman–Crippen LogP) is 15.0. The topological polar surface area (TPSA) is 12.0 Å². The van der Waals surface area contributed by atoms with Crippen LogP contribution in [0.2, 0.25) is 0 Å². The molecule has 54 heavy (non-hydrogen) atoms. The van der Waals surface area contributed by atoms with E-state index in [1.165, 1.54) is 72.5 Å². The predicted molar refractivity (Wildman–Crippen MR) is 243 cm³/mol. The van der Waals surface area contributed by atoms with E-state index >= 15 is 0 Å². The van der Waals surface area contributed by atoms with Gasteiger partial charge in [-0.2, -0.15) is 0 Å². The maximum atomic E-state index is 3.07. The molecule has 1 nitrogen and oxygen atoms in total. The van der Waals surface area contributed by atoms with E-state index in [0.29, 0.717) is 0 Å². The third-order valence-corrected chi connectivity index (χ3v) is 8.26. The molecule has 6 rings (SSSR count). The second-order valence-electron chi connectivity index (χ2n) is 13.9. The van der Waals surface area contributed by atoms with Crippen molar-refractivity contribution >= 4 is 36.1 Å². The van der Waals surface area contributed by atoms with Gasteiger partial charge in [-0.15, -0.1) is 0 Å². The molecule has 0 saturated heterocycles. The van der Waals surface area contributed by atoms with Gasteiger partial charge in [0.2, 0.25) is 0 Å². The Morgan fingerprint density at radius 1 is 0.370 bits per heavy atom. The summed E-state index contributed by atoms with van der Waals surface area (Å²) in [6.45, 7) is 16.8. The van der Waals surface area contributed by atoms with E-state index in [9.17, 15) is 0 Å². The summed E-state index contributed by atoms with van der Waals surface area (Å²) in [4.78, 5) is 0. The van der Waals surface area contributed by atoms with E-state index in [1.807, 2.05) is 19.2 Å². The number of hydrogen-bond donors (Lipinski definition) is 1. The van der Waals surface area contributed by atoms with Crippen LogP contribution in [0.3, 0.4) is 0 Å². The van der Waals surface area contributed by atoms with E-state index in [-0.39, 0.29) is 0 Å². The molecule has 0 aromatic heterocycles. The summed E-state index contributed by atoms with van der Waals surface area (Å²) in [5.74, 6) is 0. The SMILES string of the molecule is CC(C)=C/C=C\c1ccc(/C=C/c2ccc(/C=C/c3ccc(C)cc3)cc2)cc1.CNc1cccc(C)c1.Cc1cccc(C)c1.Cc1cccc(C)c1. The fourth-order valence-electron chi connectivity index (χ4n) is 5.27. The third kappa shape index (κ3) is 18.0. The Balaban J connectivity index is 0.000000250. The zero-order valence-electron chi connectivity index (χ0n) is 33.9. The summed E-state index contributed by atoms with van der Waals surface area (Å²) in [6, 6.07) is 51.0. The van der Waals surface area contributed by atoms with Crippen molar-refractivity contribution in [2.45, 2.75) is 55.4 Å². The third-order valence-electron chi connectivity index (χ3n) is 8.26. The lowest BCUT2D eigenvalue weighted by Gasteiger charge is -1.99. The summed E-state index contributed by atoms with van der Waals surface area (Å²) >= 11 is 0. The molecule has 0 unspecified atom stereocenters. The maximum Gasteiger partial charge on any atom is 0.0340 e. The first-order valence-corrected chi connectivity index (χ1v) is 18.7. The van der Waals surface area contributed by atoms with Crippen LogP contribution < -0.4 is 5.32 Å². The first-order valence-electron chi connectivity index (χ1n) is 18.7. The summed E-state index contributed by atoms with van der Waals surface area (Å²) in [5.41, 5.74) is 16.4. The van der Waals surface area contributed by atoms with E-state index in [1.54, 1.807) is 0 Å². The fourth-order valence-corrected chi connectivity index (χ4v) is 5.27. The highest BCUT2D eigenvalue weighted by Gasteiger charge is 1.93. The highest BCUT2D eigenvalue weighted by atomic mass is 14.8. The lowest BCUT2D eigenvalue weighted by atomic mass is 10.1. The molecule has 1 N–H and O–H groups in total. The minimum Gasteiger partial charge on any atom is -0.388 e. The largest absolute Gasteiger partial charge is 0.388 e. The maximum absolute atomic E-state index is 3.07. The standard InChI is InChI=1S/C29H28.C8H11N.2C8H10/c1-23(2)5-4-6-25-11-13-27(14-12-25)17-18-29-21-19-28(20-22-29)16-15-26-9-7-24(3)8-10-26;1-7-4-3-5-8(6-7)9-2;2*1-7-4-3-5-8(2)6-7/h4-22H,1-3H3;3-6,9H,1-2H3;2*3-6H,1-2H3/b6-4-,16-15+,18-17+;;;. The number of anilines is 1. The van der Waals surface area contributed by atoms with Gasteiger partial charge in [-0.25, -0.2) is 0 Å². The van der Waals surface area contributed by atoms with Crippen molar-refractivity contribution in [1.82, 2.24) is 0 Å². The van der Waals surface area contributed by atoms with Gasteiger partial charge in [-0.05, 0) is 101 Å². The minimum atomic E-state index is 1.18. The molecule has 0 saturated carbocycles. The highest BCUT2D eigenvalue weighted by Crippen LogP contribution is 2.14. The van der Waals surface area contributed by atoms with Crippen molar-refractivity contribution in [1.29, 1.82) is 0 Å². The van der Waals surface area contributed by atoms with Crippen molar-refractivity contribution in [3.8, 4) is 0 Å². The zero-order valence-corrected chi connectivity index (χ0v) is 33.9. The van der Waals surface area contributed by atoms with E-state index in [2.05, 4.69) is 237 Å². The first kappa shape index (κ1) is 42.5. The lowest BCUT2D eigenvalue weighted by molar-refractivity contribution is 1.39. The van der Waals surface area contributed by atoms with Gasteiger partial charge < -0.3 is 5.32 Å². The van der Waals surface area contributed by atoms with E-state index in [0.717, 1.165) is 0 Å². The molecule has 0 atom stereocenters. The highest BCUT2D eigenvalue weighted by molar-refractivity contribution is 5.73. The zero-order chi connectivity index (χ0) is 39.1. The second-order valence-corrected chi connectivity index (χ2v) is 13.9. The Labute approximate surface area is 327 Å². The monoisotopic (exact) mass is 709 g/mol. The summed E-state index contributed by atoms with van der Waals surface area (Å²) in [5, 5.41) is 3.07. The summed E-state index contributed by atoms with van der Waals surface area (Å²) < 4.78 is 0. The van der Waals surface area contributed by atoms with Crippen molar-refractivity contribution in [3.05, 3.63) is 225 Å². The molecule has 276 valence electrons. The van der Waals surface area contributed by atoms with Gasteiger partial charge in [0, 0.05) is 12.7 Å². The van der Waals surface area contributed by atoms with Gasteiger partial charge in [0.05, 0.1) is 0 Å². The molecule has 0 aliphatic rings. The number of benzene rings is 6. The average molecular weight is 710 g/mol. The normalized spacial score (nSPS) is 10.5. The molecule has 0 bridgehead atoms. The van der Waals surface area contributed by atoms with Crippen LogP contribution in [0.15, 0.2) is 163 Å². The molecule has 0 fully saturated rings. The Kier molecular flexibility index (Phi) is 18.6. The molecule has 0 heterocycles. The van der Waals surface area contributed by atoms with Gasteiger partial charge in [0.15, 0.2) is 0 Å². The Bertz CT molecular complexity index is 2010. The van der Waals surface area contributed by atoms with Crippen LogP contribution >= 0.6 is 0 Å². The lowest BCUT2D eigenvalue weighted by Crippen LogP contribution is -1.86. The van der Waals surface area contributed by atoms with E-state index in [4.69, 9.17) is 0 Å². The van der Waals surface area contributed by atoms with Crippen LogP contribution in [0.4, 0.5) is 5.69 Å². The fraction of sp³-hybridized carbons (Fsp3) is 0.170. The molecule has 0 aliphatic heterocycles. The van der Waals surface area contributed by atoms with Gasteiger partial charge in [0.1, 0.15) is 0 Å². The minimum absolute atomic E-state index is 1.18. The van der Waals surface area contributed by atoms with E-state index < -0.39 is 0 Å². The molecule has 0 aliphatic carbocycles. The summed E-state index contributed by atoms with van der Waals surface area (Å²) in [6.07, 6.45) is 14.9. The molecular weight excluding hydrogens is 651 g/mol. The van der Waals surface area contributed by atoms with Crippen LogP contribution in [0.1, 0.15) is 75.0 Å². The van der Waals surface area contributed by atoms with Crippen molar-refractivity contribution in [3.63, 3.8) is 0 Å². The number of hydrogen-bond acceptors (Lipinski definition) is 1. The van der Waals surface area contributed by atoms with Gasteiger partial charge in [-0.3, -0.25) is 0 Å². The van der Waals surface area contributed by atoms with Crippen molar-refractivity contribution in [2.75, 3.05) is 12.4 Å². The van der Waals surface area contributed by atoms with Crippen LogP contribution in [-0.4, -0.2) is 7.05 Å².